The normalized spacial score (nSPS) is 10.4. The first-order valence-electron chi connectivity index (χ1n) is 5.71. The summed E-state index contributed by atoms with van der Waals surface area (Å²) in [5, 5.41) is 0. The van der Waals surface area contributed by atoms with Crippen LogP contribution in [0.25, 0.3) is 11.1 Å². The second-order valence-corrected chi connectivity index (χ2v) is 4.81. The molecule has 0 heteroatoms. The Kier molecular flexibility index (Phi) is 3.42. The van der Waals surface area contributed by atoms with Crippen molar-refractivity contribution in [1.29, 1.82) is 0 Å². The molecular weight excluding hydrogens is 192 g/mol. The standard InChI is InChI=1S/C16H22/c1-9(2)15-13(7)11(5)12(6)14(8)16(15)10(3)4/h1,3H2,2,4-8H3. The first kappa shape index (κ1) is 12.8. The van der Waals surface area contributed by atoms with E-state index in [1.54, 1.807) is 0 Å². The monoisotopic (exact) mass is 214 g/mol. The highest BCUT2D eigenvalue weighted by Crippen LogP contribution is 2.34. The van der Waals surface area contributed by atoms with Gasteiger partial charge in [-0.3, -0.25) is 0 Å². The Morgan fingerprint density at radius 2 is 0.875 bits per heavy atom. The molecule has 0 amide bonds. The van der Waals surface area contributed by atoms with Gasteiger partial charge in [-0.25, -0.2) is 0 Å². The summed E-state index contributed by atoms with van der Waals surface area (Å²) in [6.07, 6.45) is 0. The van der Waals surface area contributed by atoms with Crippen molar-refractivity contribution in [3.63, 3.8) is 0 Å². The number of hydrogen-bond acceptors (Lipinski definition) is 0. The molecule has 0 nitrogen and oxygen atoms in total. The molecule has 1 aromatic carbocycles. The van der Waals surface area contributed by atoms with E-state index in [-0.39, 0.29) is 0 Å². The van der Waals surface area contributed by atoms with Crippen molar-refractivity contribution < 1.29 is 0 Å². The molecule has 0 radical (unpaired) electrons. The molecule has 0 bridgehead atoms. The zero-order chi connectivity index (χ0) is 12.6. The lowest BCUT2D eigenvalue weighted by Gasteiger charge is -2.21. The summed E-state index contributed by atoms with van der Waals surface area (Å²) in [6, 6.07) is 0. The van der Waals surface area contributed by atoms with Gasteiger partial charge in [-0.1, -0.05) is 24.3 Å². The smallest absolute Gasteiger partial charge is 0.0123 e. The van der Waals surface area contributed by atoms with Gasteiger partial charge in [0.2, 0.25) is 0 Å². The highest BCUT2D eigenvalue weighted by atomic mass is 14.2. The molecule has 0 fully saturated rings. The molecule has 0 N–H and O–H groups in total. The Bertz CT molecular complexity index is 429. The lowest BCUT2D eigenvalue weighted by Crippen LogP contribution is -2.02. The molecule has 0 aliphatic rings. The van der Waals surface area contributed by atoms with Crippen LogP contribution in [0.3, 0.4) is 0 Å². The van der Waals surface area contributed by atoms with E-state index in [1.165, 1.54) is 33.4 Å². The Hall–Kier alpha value is -1.30. The van der Waals surface area contributed by atoms with Crippen LogP contribution in [-0.4, -0.2) is 0 Å². The molecule has 86 valence electrons. The second-order valence-electron chi connectivity index (χ2n) is 4.81. The Balaban J connectivity index is 3.83. The zero-order valence-corrected chi connectivity index (χ0v) is 11.4. The van der Waals surface area contributed by atoms with Crippen LogP contribution in [0, 0.1) is 27.7 Å². The van der Waals surface area contributed by atoms with Crippen LogP contribution in [0.5, 0.6) is 0 Å². The van der Waals surface area contributed by atoms with E-state index in [0.717, 1.165) is 11.1 Å². The third-order valence-corrected chi connectivity index (χ3v) is 3.54. The fraction of sp³-hybridized carbons (Fsp3) is 0.375. The minimum Gasteiger partial charge on any atom is -0.0955 e. The molecule has 0 aliphatic heterocycles. The predicted octanol–water partition coefficient (Wildman–Crippen LogP) is 4.99. The van der Waals surface area contributed by atoms with Gasteiger partial charge in [0.25, 0.3) is 0 Å². The van der Waals surface area contributed by atoms with Crippen LogP contribution < -0.4 is 0 Å². The SMILES string of the molecule is C=C(C)c1c(C)c(C)c(C)c(C)c1C(=C)C. The highest BCUT2D eigenvalue weighted by molar-refractivity contribution is 5.82. The van der Waals surface area contributed by atoms with Crippen LogP contribution in [0.15, 0.2) is 13.2 Å². The van der Waals surface area contributed by atoms with Crippen LogP contribution >= 0.6 is 0 Å². The topological polar surface area (TPSA) is 0 Å². The summed E-state index contributed by atoms with van der Waals surface area (Å²) >= 11 is 0. The first-order chi connectivity index (χ1) is 7.29. The summed E-state index contributed by atoms with van der Waals surface area (Å²) in [6.45, 7) is 21.1. The first-order valence-corrected chi connectivity index (χ1v) is 5.71. The molecule has 0 saturated carbocycles. The van der Waals surface area contributed by atoms with Crippen molar-refractivity contribution in [3.05, 3.63) is 46.5 Å². The third-order valence-electron chi connectivity index (χ3n) is 3.54. The van der Waals surface area contributed by atoms with Crippen molar-refractivity contribution in [1.82, 2.24) is 0 Å². The molecule has 1 aromatic rings. The summed E-state index contributed by atoms with van der Waals surface area (Å²) in [7, 11) is 0. The lowest BCUT2D eigenvalue weighted by molar-refractivity contribution is 1.18. The van der Waals surface area contributed by atoms with E-state index >= 15 is 0 Å². The third kappa shape index (κ3) is 1.84. The van der Waals surface area contributed by atoms with Crippen LogP contribution in [0.2, 0.25) is 0 Å². The predicted molar refractivity (Wildman–Crippen MR) is 74.8 cm³/mol. The molecule has 0 heterocycles. The molecular formula is C16H22. The Morgan fingerprint density at radius 1 is 0.625 bits per heavy atom. The van der Waals surface area contributed by atoms with Gasteiger partial charge in [0.1, 0.15) is 0 Å². The molecule has 0 aromatic heterocycles. The van der Waals surface area contributed by atoms with Crippen molar-refractivity contribution in [3.8, 4) is 0 Å². The maximum absolute atomic E-state index is 4.10. The minimum absolute atomic E-state index is 1.13. The summed E-state index contributed by atoms with van der Waals surface area (Å²) in [5.74, 6) is 0. The van der Waals surface area contributed by atoms with Gasteiger partial charge in [-0.05, 0) is 74.9 Å². The molecule has 16 heavy (non-hydrogen) atoms. The summed E-state index contributed by atoms with van der Waals surface area (Å²) in [4.78, 5) is 0. The molecule has 0 aliphatic carbocycles. The minimum atomic E-state index is 1.13. The molecule has 0 atom stereocenters. The van der Waals surface area contributed by atoms with Gasteiger partial charge in [0, 0.05) is 0 Å². The lowest BCUT2D eigenvalue weighted by atomic mass is 9.84. The van der Waals surface area contributed by atoms with E-state index in [0.29, 0.717) is 0 Å². The molecule has 0 saturated heterocycles. The van der Waals surface area contributed by atoms with Crippen molar-refractivity contribution in [2.24, 2.45) is 0 Å². The molecule has 0 spiro atoms. The van der Waals surface area contributed by atoms with E-state index in [1.807, 2.05) is 0 Å². The number of allylic oxidation sites excluding steroid dienone is 2. The van der Waals surface area contributed by atoms with E-state index in [4.69, 9.17) is 0 Å². The quantitative estimate of drug-likeness (QED) is 0.651. The molecule has 0 unspecified atom stereocenters. The summed E-state index contributed by atoms with van der Waals surface area (Å²) < 4.78 is 0. The highest BCUT2D eigenvalue weighted by Gasteiger charge is 2.15. The second kappa shape index (κ2) is 4.29. The molecule has 1 rings (SSSR count). The van der Waals surface area contributed by atoms with Crippen LogP contribution in [0.1, 0.15) is 47.2 Å². The Morgan fingerprint density at radius 3 is 1.06 bits per heavy atom. The van der Waals surface area contributed by atoms with Gasteiger partial charge in [0.15, 0.2) is 0 Å². The Labute approximate surface area is 99.7 Å². The average Bonchev–Trinajstić information content (AvgIpc) is 2.18. The summed E-state index contributed by atoms with van der Waals surface area (Å²) in [5.41, 5.74) is 10.3. The van der Waals surface area contributed by atoms with Gasteiger partial charge < -0.3 is 0 Å². The van der Waals surface area contributed by atoms with Crippen molar-refractivity contribution in [2.75, 3.05) is 0 Å². The fourth-order valence-electron chi connectivity index (χ4n) is 2.38. The van der Waals surface area contributed by atoms with Gasteiger partial charge in [-0.15, -0.1) is 0 Å². The van der Waals surface area contributed by atoms with E-state index in [9.17, 15) is 0 Å². The fourth-order valence-corrected chi connectivity index (χ4v) is 2.38. The van der Waals surface area contributed by atoms with Crippen molar-refractivity contribution in [2.45, 2.75) is 41.5 Å². The van der Waals surface area contributed by atoms with Gasteiger partial charge >= 0.3 is 0 Å². The van der Waals surface area contributed by atoms with Crippen molar-refractivity contribution >= 4 is 11.1 Å². The maximum Gasteiger partial charge on any atom is -0.0123 e. The van der Waals surface area contributed by atoms with Gasteiger partial charge in [-0.2, -0.15) is 0 Å². The van der Waals surface area contributed by atoms with Crippen LogP contribution in [-0.2, 0) is 0 Å². The number of hydrogen-bond donors (Lipinski definition) is 0. The van der Waals surface area contributed by atoms with E-state index in [2.05, 4.69) is 54.7 Å². The number of benzene rings is 1. The van der Waals surface area contributed by atoms with E-state index < -0.39 is 0 Å². The maximum atomic E-state index is 4.10. The largest absolute Gasteiger partial charge is 0.0955 e. The van der Waals surface area contributed by atoms with Crippen LogP contribution in [0.4, 0.5) is 0 Å². The van der Waals surface area contributed by atoms with Gasteiger partial charge in [0.05, 0.1) is 0 Å². The number of rotatable bonds is 2. The average molecular weight is 214 g/mol. The zero-order valence-electron chi connectivity index (χ0n) is 11.4.